The summed E-state index contributed by atoms with van der Waals surface area (Å²) in [6.45, 7) is 5.53. The molecular weight excluding hydrogens is 374 g/mol. The van der Waals surface area contributed by atoms with Crippen LogP contribution in [0.5, 0.6) is 11.9 Å². The molecule has 1 aliphatic heterocycles. The van der Waals surface area contributed by atoms with Crippen LogP contribution < -0.4 is 14.4 Å². The van der Waals surface area contributed by atoms with Gasteiger partial charge in [0.25, 0.3) is 0 Å². The van der Waals surface area contributed by atoms with Crippen LogP contribution in [0.2, 0.25) is 0 Å². The Balaban J connectivity index is 1.81. The summed E-state index contributed by atoms with van der Waals surface area (Å²) in [6.07, 6.45) is 3.56. The number of hydrogen-bond acceptors (Lipinski definition) is 9. The van der Waals surface area contributed by atoms with E-state index in [4.69, 9.17) is 23.6 Å². The lowest BCUT2D eigenvalue weighted by Crippen LogP contribution is -2.46. The van der Waals surface area contributed by atoms with E-state index in [9.17, 15) is 0 Å². The molecule has 4 heterocycles. The number of ether oxygens (including phenoxy) is 3. The quantitative estimate of drug-likeness (QED) is 0.644. The van der Waals surface area contributed by atoms with Crippen LogP contribution in [-0.4, -0.2) is 59.5 Å². The fourth-order valence-corrected chi connectivity index (χ4v) is 3.39. The fraction of sp³-hybridized carbons (Fsp3) is 0.400. The van der Waals surface area contributed by atoms with Crippen LogP contribution in [0.25, 0.3) is 22.7 Å². The molecule has 0 aliphatic carbocycles. The van der Waals surface area contributed by atoms with E-state index in [1.165, 1.54) is 7.11 Å². The molecule has 1 aliphatic rings. The maximum atomic E-state index is 5.82. The monoisotopic (exact) mass is 397 g/mol. The van der Waals surface area contributed by atoms with Crippen LogP contribution in [0.3, 0.4) is 0 Å². The molecule has 1 saturated heterocycles. The molecule has 3 aromatic rings. The van der Waals surface area contributed by atoms with Crippen molar-refractivity contribution in [3.8, 4) is 34.6 Å². The van der Waals surface area contributed by atoms with Crippen LogP contribution in [0.15, 0.2) is 35.1 Å². The molecule has 4 rings (SSSR count). The highest BCUT2D eigenvalue weighted by Gasteiger charge is 2.26. The Morgan fingerprint density at radius 1 is 1.07 bits per heavy atom. The van der Waals surface area contributed by atoms with Gasteiger partial charge in [0.05, 0.1) is 38.4 Å². The summed E-state index contributed by atoms with van der Waals surface area (Å²) in [4.78, 5) is 20.1. The van der Waals surface area contributed by atoms with Crippen molar-refractivity contribution in [1.82, 2.24) is 19.9 Å². The predicted molar refractivity (Wildman–Crippen MR) is 106 cm³/mol. The molecule has 29 heavy (non-hydrogen) atoms. The van der Waals surface area contributed by atoms with Gasteiger partial charge in [-0.05, 0) is 26.0 Å². The average molecular weight is 397 g/mol. The molecule has 0 radical (unpaired) electrons. The first-order valence-corrected chi connectivity index (χ1v) is 9.36. The normalized spacial score (nSPS) is 19.2. The van der Waals surface area contributed by atoms with Gasteiger partial charge < -0.3 is 23.5 Å². The molecule has 2 atom stereocenters. The van der Waals surface area contributed by atoms with Crippen molar-refractivity contribution in [2.45, 2.75) is 26.1 Å². The molecule has 0 bridgehead atoms. The van der Waals surface area contributed by atoms with Crippen LogP contribution in [0, 0.1) is 0 Å². The van der Waals surface area contributed by atoms with E-state index in [1.807, 2.05) is 26.0 Å². The minimum absolute atomic E-state index is 0.101. The number of rotatable bonds is 5. The Labute approximate surface area is 168 Å². The molecule has 0 N–H and O–H groups in total. The average Bonchev–Trinajstić information content (AvgIpc) is 3.27. The first kappa shape index (κ1) is 19.1. The third-order valence-corrected chi connectivity index (χ3v) is 4.58. The fourth-order valence-electron chi connectivity index (χ4n) is 3.39. The summed E-state index contributed by atoms with van der Waals surface area (Å²) in [5.41, 5.74) is 1.90. The van der Waals surface area contributed by atoms with E-state index in [2.05, 4.69) is 19.9 Å². The SMILES string of the molecule is COc1cc(-c2cnc(N3C[C@@H](C)O[C@@H](C)C3)nc2-c2ccco2)nc(OC)n1. The zero-order valence-electron chi connectivity index (χ0n) is 16.8. The minimum Gasteiger partial charge on any atom is -0.481 e. The van der Waals surface area contributed by atoms with E-state index in [0.717, 1.165) is 13.1 Å². The first-order valence-electron chi connectivity index (χ1n) is 9.36. The van der Waals surface area contributed by atoms with Gasteiger partial charge in [-0.2, -0.15) is 9.97 Å². The minimum atomic E-state index is 0.101. The lowest BCUT2D eigenvalue weighted by atomic mass is 10.1. The number of nitrogens with zero attached hydrogens (tertiary/aromatic N) is 5. The van der Waals surface area contributed by atoms with Crippen molar-refractivity contribution in [2.24, 2.45) is 0 Å². The van der Waals surface area contributed by atoms with E-state index in [1.54, 1.807) is 25.6 Å². The summed E-state index contributed by atoms with van der Waals surface area (Å²) < 4.78 is 21.9. The molecule has 0 saturated carbocycles. The Morgan fingerprint density at radius 2 is 1.86 bits per heavy atom. The standard InChI is InChI=1S/C20H23N5O4/c1-12-10-25(11-13(2)29-12)19-21-9-14(18(24-19)16-6-5-7-28-16)15-8-17(26-3)23-20(22-15)27-4/h5-9,12-13H,10-11H2,1-4H3/t12-,13+. The van der Waals surface area contributed by atoms with E-state index >= 15 is 0 Å². The highest BCUT2D eigenvalue weighted by atomic mass is 16.5. The van der Waals surface area contributed by atoms with Gasteiger partial charge in [-0.15, -0.1) is 0 Å². The summed E-state index contributed by atoms with van der Waals surface area (Å²) >= 11 is 0. The zero-order chi connectivity index (χ0) is 20.4. The second-order valence-electron chi connectivity index (χ2n) is 6.85. The van der Waals surface area contributed by atoms with Gasteiger partial charge in [-0.1, -0.05) is 0 Å². The van der Waals surface area contributed by atoms with Crippen LogP contribution in [0.1, 0.15) is 13.8 Å². The molecule has 0 aromatic carbocycles. The number of furan rings is 1. The Bertz CT molecular complexity index is 947. The Morgan fingerprint density at radius 3 is 2.52 bits per heavy atom. The molecule has 3 aromatic heterocycles. The summed E-state index contributed by atoms with van der Waals surface area (Å²) in [6, 6.07) is 5.59. The highest BCUT2D eigenvalue weighted by Crippen LogP contribution is 2.33. The van der Waals surface area contributed by atoms with Crippen LogP contribution in [-0.2, 0) is 4.74 Å². The molecule has 9 nitrogen and oxygen atoms in total. The van der Waals surface area contributed by atoms with E-state index in [0.29, 0.717) is 34.5 Å². The maximum absolute atomic E-state index is 5.82. The van der Waals surface area contributed by atoms with Crippen molar-refractivity contribution >= 4 is 5.95 Å². The highest BCUT2D eigenvalue weighted by molar-refractivity contribution is 5.77. The van der Waals surface area contributed by atoms with Crippen LogP contribution >= 0.6 is 0 Å². The van der Waals surface area contributed by atoms with Crippen LogP contribution in [0.4, 0.5) is 5.95 Å². The predicted octanol–water partition coefficient (Wildman–Crippen LogP) is 2.82. The first-order chi connectivity index (χ1) is 14.1. The summed E-state index contributed by atoms with van der Waals surface area (Å²) in [5.74, 6) is 1.63. The largest absolute Gasteiger partial charge is 0.481 e. The lowest BCUT2D eigenvalue weighted by Gasteiger charge is -2.35. The van der Waals surface area contributed by atoms with Gasteiger partial charge in [0, 0.05) is 30.9 Å². The molecule has 0 unspecified atom stereocenters. The Hall–Kier alpha value is -3.20. The second-order valence-corrected chi connectivity index (χ2v) is 6.85. The molecule has 152 valence electrons. The topological polar surface area (TPSA) is 95.6 Å². The van der Waals surface area contributed by atoms with Crippen molar-refractivity contribution in [3.63, 3.8) is 0 Å². The van der Waals surface area contributed by atoms with Gasteiger partial charge >= 0.3 is 6.01 Å². The summed E-state index contributed by atoms with van der Waals surface area (Å²) in [5, 5.41) is 0. The molecule has 0 spiro atoms. The number of anilines is 1. The Kier molecular flexibility index (Phi) is 5.30. The molecule has 9 heteroatoms. The molecular formula is C20H23N5O4. The lowest BCUT2D eigenvalue weighted by molar-refractivity contribution is -0.00571. The molecule has 1 fully saturated rings. The van der Waals surface area contributed by atoms with Crippen molar-refractivity contribution in [1.29, 1.82) is 0 Å². The second kappa shape index (κ2) is 8.04. The third-order valence-electron chi connectivity index (χ3n) is 4.58. The zero-order valence-corrected chi connectivity index (χ0v) is 16.8. The van der Waals surface area contributed by atoms with Gasteiger partial charge in [0.1, 0.15) is 5.69 Å². The molecule has 0 amide bonds. The maximum Gasteiger partial charge on any atom is 0.320 e. The van der Waals surface area contributed by atoms with Gasteiger partial charge in [-0.25, -0.2) is 9.97 Å². The number of hydrogen-bond donors (Lipinski definition) is 0. The van der Waals surface area contributed by atoms with Crippen molar-refractivity contribution < 1.29 is 18.6 Å². The van der Waals surface area contributed by atoms with Crippen molar-refractivity contribution in [2.75, 3.05) is 32.2 Å². The smallest absolute Gasteiger partial charge is 0.320 e. The number of methoxy groups -OCH3 is 2. The number of morpholine rings is 1. The van der Waals surface area contributed by atoms with Crippen molar-refractivity contribution in [3.05, 3.63) is 30.7 Å². The number of aromatic nitrogens is 4. The van der Waals surface area contributed by atoms with E-state index < -0.39 is 0 Å². The van der Waals surface area contributed by atoms with Gasteiger partial charge in [0.2, 0.25) is 11.8 Å². The third kappa shape index (κ3) is 4.00. The van der Waals surface area contributed by atoms with E-state index in [-0.39, 0.29) is 18.2 Å². The van der Waals surface area contributed by atoms with Gasteiger partial charge in [-0.3, -0.25) is 0 Å². The van der Waals surface area contributed by atoms with Gasteiger partial charge in [0.15, 0.2) is 5.76 Å². The summed E-state index contributed by atoms with van der Waals surface area (Å²) in [7, 11) is 3.05.